The number of amides is 2. The highest BCUT2D eigenvalue weighted by Gasteiger charge is 2.14. The molecule has 0 fully saturated rings. The van der Waals surface area contributed by atoms with E-state index in [0.29, 0.717) is 22.9 Å². The predicted octanol–water partition coefficient (Wildman–Crippen LogP) is 3.43. The molecule has 8 heteroatoms. The number of rotatable bonds is 7. The summed E-state index contributed by atoms with van der Waals surface area (Å²) in [4.78, 5) is 24.7. The topological polar surface area (TPSA) is 93.2 Å². The van der Waals surface area contributed by atoms with E-state index in [9.17, 15) is 9.59 Å². The highest BCUT2D eigenvalue weighted by Crippen LogP contribution is 2.16. The van der Waals surface area contributed by atoms with E-state index < -0.39 is 0 Å². The van der Waals surface area contributed by atoms with Crippen LogP contribution in [0.2, 0.25) is 0 Å². The molecule has 0 radical (unpaired) electrons. The fourth-order valence-electron chi connectivity index (χ4n) is 2.52. The average Bonchev–Trinajstić information content (AvgIpc) is 3.18. The summed E-state index contributed by atoms with van der Waals surface area (Å²) in [5, 5.41) is 14.3. The molecule has 28 heavy (non-hydrogen) atoms. The lowest BCUT2D eigenvalue weighted by Gasteiger charge is -2.14. The summed E-state index contributed by atoms with van der Waals surface area (Å²) < 4.78 is 4.97. The molecule has 0 aliphatic heterocycles. The predicted molar refractivity (Wildman–Crippen MR) is 107 cm³/mol. The summed E-state index contributed by atoms with van der Waals surface area (Å²) in [5.74, 6) is -0.530. The van der Waals surface area contributed by atoms with Crippen LogP contribution in [0.3, 0.4) is 0 Å². The van der Waals surface area contributed by atoms with Crippen molar-refractivity contribution in [1.82, 2.24) is 15.5 Å². The molecule has 0 aliphatic rings. The van der Waals surface area contributed by atoms with Crippen LogP contribution in [0.15, 0.2) is 54.6 Å². The van der Waals surface area contributed by atoms with E-state index in [0.717, 1.165) is 5.56 Å². The summed E-state index contributed by atoms with van der Waals surface area (Å²) in [6, 6.07) is 16.3. The quantitative estimate of drug-likeness (QED) is 0.638. The van der Waals surface area contributed by atoms with Crippen molar-refractivity contribution in [2.75, 3.05) is 12.4 Å². The van der Waals surface area contributed by atoms with Crippen molar-refractivity contribution in [3.63, 3.8) is 0 Å². The zero-order valence-corrected chi connectivity index (χ0v) is 16.3. The second-order valence-corrected chi connectivity index (χ2v) is 7.13. The molecule has 0 saturated heterocycles. The fraction of sp³-hybridized carbons (Fsp3) is 0.200. The maximum absolute atomic E-state index is 12.4. The molecule has 2 aromatic carbocycles. The van der Waals surface area contributed by atoms with Crippen molar-refractivity contribution in [3.05, 3.63) is 75.7 Å². The molecule has 0 aliphatic carbocycles. The number of carbonyl (C=O) groups is 2. The molecule has 144 valence electrons. The third-order valence-electron chi connectivity index (χ3n) is 3.98. The first-order valence-electron chi connectivity index (χ1n) is 8.65. The lowest BCUT2D eigenvalue weighted by molar-refractivity contribution is 0.0939. The third kappa shape index (κ3) is 4.99. The minimum Gasteiger partial charge on any atom is -0.377 e. The Hall–Kier alpha value is -3.10. The van der Waals surface area contributed by atoms with Crippen molar-refractivity contribution < 1.29 is 14.3 Å². The van der Waals surface area contributed by atoms with Gasteiger partial charge in [0, 0.05) is 18.4 Å². The number of hydrogen-bond acceptors (Lipinski definition) is 6. The van der Waals surface area contributed by atoms with Crippen molar-refractivity contribution >= 4 is 28.8 Å². The van der Waals surface area contributed by atoms with Gasteiger partial charge in [0.25, 0.3) is 11.8 Å². The molecule has 1 heterocycles. The SMILES string of the molecule is COCc1nnc(C(=O)Nc2ccc(C(=O)NC(C)c3ccccc3)cc2)s1. The van der Waals surface area contributed by atoms with Crippen LogP contribution < -0.4 is 10.6 Å². The maximum Gasteiger partial charge on any atom is 0.286 e. The van der Waals surface area contributed by atoms with Crippen LogP contribution in [0.5, 0.6) is 0 Å². The van der Waals surface area contributed by atoms with Gasteiger partial charge in [0.1, 0.15) is 5.01 Å². The Labute approximate surface area is 166 Å². The minimum absolute atomic E-state index is 0.105. The van der Waals surface area contributed by atoms with Gasteiger partial charge >= 0.3 is 0 Å². The van der Waals surface area contributed by atoms with Gasteiger partial charge in [-0.1, -0.05) is 41.7 Å². The van der Waals surface area contributed by atoms with E-state index in [2.05, 4.69) is 20.8 Å². The summed E-state index contributed by atoms with van der Waals surface area (Å²) in [7, 11) is 1.56. The first kappa shape index (κ1) is 19.7. The van der Waals surface area contributed by atoms with Crippen LogP contribution in [0.25, 0.3) is 0 Å². The molecular weight excluding hydrogens is 376 g/mol. The number of hydrogen-bond donors (Lipinski definition) is 2. The van der Waals surface area contributed by atoms with E-state index in [1.165, 1.54) is 11.3 Å². The number of carbonyl (C=O) groups excluding carboxylic acids is 2. The summed E-state index contributed by atoms with van der Waals surface area (Å²) in [6.45, 7) is 2.25. The van der Waals surface area contributed by atoms with Crippen LogP contribution in [0.4, 0.5) is 5.69 Å². The smallest absolute Gasteiger partial charge is 0.286 e. The third-order valence-corrected chi connectivity index (χ3v) is 4.88. The number of aromatic nitrogens is 2. The number of ether oxygens (including phenoxy) is 1. The number of nitrogens with one attached hydrogen (secondary N) is 2. The summed E-state index contributed by atoms with van der Waals surface area (Å²) in [5.41, 5.74) is 2.12. The summed E-state index contributed by atoms with van der Waals surface area (Å²) >= 11 is 1.17. The van der Waals surface area contributed by atoms with Gasteiger partial charge in [-0.2, -0.15) is 0 Å². The van der Waals surface area contributed by atoms with Crippen molar-refractivity contribution in [2.24, 2.45) is 0 Å². The standard InChI is InChI=1S/C20H20N4O3S/c1-13(14-6-4-3-5-7-14)21-18(25)15-8-10-16(11-9-15)22-19(26)20-24-23-17(28-20)12-27-2/h3-11,13H,12H2,1-2H3,(H,21,25)(H,22,26). The van der Waals surface area contributed by atoms with E-state index >= 15 is 0 Å². The molecule has 1 atom stereocenters. The minimum atomic E-state index is -0.352. The van der Waals surface area contributed by atoms with Crippen molar-refractivity contribution in [1.29, 1.82) is 0 Å². The molecule has 0 bridgehead atoms. The monoisotopic (exact) mass is 396 g/mol. The highest BCUT2D eigenvalue weighted by molar-refractivity contribution is 7.13. The van der Waals surface area contributed by atoms with Crippen LogP contribution >= 0.6 is 11.3 Å². The Balaban J connectivity index is 1.59. The zero-order chi connectivity index (χ0) is 19.9. The van der Waals surface area contributed by atoms with Gasteiger partial charge in [-0.25, -0.2) is 0 Å². The Kier molecular flexibility index (Phi) is 6.46. The molecule has 1 aromatic heterocycles. The second kappa shape index (κ2) is 9.20. The Bertz CT molecular complexity index is 942. The van der Waals surface area contributed by atoms with Crippen LogP contribution in [-0.2, 0) is 11.3 Å². The lowest BCUT2D eigenvalue weighted by Crippen LogP contribution is -2.26. The molecule has 3 rings (SSSR count). The number of benzene rings is 2. The highest BCUT2D eigenvalue weighted by atomic mass is 32.1. The summed E-state index contributed by atoms with van der Waals surface area (Å²) in [6.07, 6.45) is 0. The Morgan fingerprint density at radius 1 is 1.04 bits per heavy atom. The average molecular weight is 396 g/mol. The number of methoxy groups -OCH3 is 1. The molecule has 2 N–H and O–H groups in total. The molecule has 0 saturated carbocycles. The van der Waals surface area contributed by atoms with Crippen molar-refractivity contribution in [3.8, 4) is 0 Å². The molecule has 2 amide bonds. The largest absolute Gasteiger partial charge is 0.377 e. The van der Waals surface area contributed by atoms with Crippen LogP contribution in [0, 0.1) is 0 Å². The fourth-order valence-corrected chi connectivity index (χ4v) is 3.23. The van der Waals surface area contributed by atoms with E-state index in [-0.39, 0.29) is 22.9 Å². The number of anilines is 1. The van der Waals surface area contributed by atoms with Gasteiger partial charge < -0.3 is 15.4 Å². The van der Waals surface area contributed by atoms with Gasteiger partial charge in [-0.15, -0.1) is 10.2 Å². The van der Waals surface area contributed by atoms with Gasteiger partial charge in [-0.3, -0.25) is 9.59 Å². The van der Waals surface area contributed by atoms with E-state index in [1.807, 2.05) is 37.3 Å². The second-order valence-electron chi connectivity index (χ2n) is 6.07. The molecule has 3 aromatic rings. The normalized spacial score (nSPS) is 11.6. The van der Waals surface area contributed by atoms with Crippen LogP contribution in [0.1, 0.15) is 43.7 Å². The molecular formula is C20H20N4O3S. The van der Waals surface area contributed by atoms with Crippen molar-refractivity contribution in [2.45, 2.75) is 19.6 Å². The van der Waals surface area contributed by atoms with E-state index in [1.54, 1.807) is 31.4 Å². The van der Waals surface area contributed by atoms with Crippen LogP contribution in [-0.4, -0.2) is 29.1 Å². The molecule has 0 spiro atoms. The maximum atomic E-state index is 12.4. The molecule has 7 nitrogen and oxygen atoms in total. The van der Waals surface area contributed by atoms with Gasteiger partial charge in [0.2, 0.25) is 5.01 Å². The zero-order valence-electron chi connectivity index (χ0n) is 15.5. The van der Waals surface area contributed by atoms with Gasteiger partial charge in [0.05, 0.1) is 12.6 Å². The van der Waals surface area contributed by atoms with Gasteiger partial charge in [0.15, 0.2) is 0 Å². The first-order chi connectivity index (χ1) is 13.6. The Morgan fingerprint density at radius 3 is 2.43 bits per heavy atom. The Morgan fingerprint density at radius 2 is 1.75 bits per heavy atom. The number of nitrogens with zero attached hydrogens (tertiary/aromatic N) is 2. The van der Waals surface area contributed by atoms with Gasteiger partial charge in [-0.05, 0) is 36.8 Å². The lowest BCUT2D eigenvalue weighted by atomic mass is 10.1. The first-order valence-corrected chi connectivity index (χ1v) is 9.47. The molecule has 1 unspecified atom stereocenters. The van der Waals surface area contributed by atoms with E-state index in [4.69, 9.17) is 4.74 Å².